The fourth-order valence-electron chi connectivity index (χ4n) is 4.34. The van der Waals surface area contributed by atoms with Gasteiger partial charge in [-0.2, -0.15) is 0 Å². The molecule has 0 fully saturated rings. The molecule has 3 aromatic carbocycles. The van der Waals surface area contributed by atoms with Crippen LogP contribution in [0.15, 0.2) is 88.7 Å². The van der Waals surface area contributed by atoms with Crippen LogP contribution in [-0.2, 0) is 20.0 Å². The van der Waals surface area contributed by atoms with Gasteiger partial charge in [0, 0.05) is 18.8 Å². The topological polar surface area (TPSA) is 112 Å². The second kappa shape index (κ2) is 8.51. The highest BCUT2D eigenvalue weighted by Gasteiger charge is 2.42. The van der Waals surface area contributed by atoms with E-state index in [1.807, 2.05) is 6.07 Å². The minimum atomic E-state index is -3.97. The third-order valence-electron chi connectivity index (χ3n) is 6.09. The molecule has 0 saturated carbocycles. The summed E-state index contributed by atoms with van der Waals surface area (Å²) in [5.41, 5.74) is 0.964. The number of para-hydroxylation sites is 1. The molecule has 9 nitrogen and oxygen atoms in total. The van der Waals surface area contributed by atoms with Crippen LogP contribution < -0.4 is 4.90 Å². The number of benzene rings is 3. The second-order valence-corrected chi connectivity index (χ2v) is 11.7. The van der Waals surface area contributed by atoms with Crippen LogP contribution in [0.4, 0.5) is 5.69 Å². The first-order chi connectivity index (χ1) is 16.7. The maximum Gasteiger partial charge on any atom is 0.269 e. The average Bonchev–Trinajstić information content (AvgIpc) is 3.18. The summed E-state index contributed by atoms with van der Waals surface area (Å²) >= 11 is 0. The maximum atomic E-state index is 12.9. The van der Waals surface area contributed by atoms with Crippen LogP contribution >= 0.6 is 0 Å². The van der Waals surface area contributed by atoms with Crippen molar-refractivity contribution in [2.24, 2.45) is 0 Å². The van der Waals surface area contributed by atoms with E-state index in [1.165, 1.54) is 24.3 Å². The molecule has 2 heterocycles. The van der Waals surface area contributed by atoms with E-state index >= 15 is 0 Å². The fraction of sp³-hybridized carbons (Fsp3) is 0.167. The molecule has 0 unspecified atom stereocenters. The Hall–Kier alpha value is -3.70. The predicted octanol–water partition coefficient (Wildman–Crippen LogP) is 2.18. The van der Waals surface area contributed by atoms with E-state index in [4.69, 9.17) is 0 Å². The largest absolute Gasteiger partial charge is 0.368 e. The smallest absolute Gasteiger partial charge is 0.269 e. The van der Waals surface area contributed by atoms with Crippen LogP contribution in [0.3, 0.4) is 0 Å². The highest BCUT2D eigenvalue weighted by molar-refractivity contribution is 7.90. The lowest BCUT2D eigenvalue weighted by atomic mass is 10.2. The van der Waals surface area contributed by atoms with E-state index in [9.17, 15) is 26.4 Å². The molecule has 0 saturated heterocycles. The normalized spacial score (nSPS) is 17.4. The molecule has 0 radical (unpaired) electrons. The lowest BCUT2D eigenvalue weighted by molar-refractivity contribution is 0.0868. The van der Waals surface area contributed by atoms with Crippen LogP contribution in [0.5, 0.6) is 0 Å². The first kappa shape index (κ1) is 23.1. The molecule has 2 aliphatic heterocycles. The van der Waals surface area contributed by atoms with Gasteiger partial charge >= 0.3 is 0 Å². The first-order valence-corrected chi connectivity index (χ1v) is 13.7. The molecule has 0 bridgehead atoms. The van der Waals surface area contributed by atoms with Gasteiger partial charge < -0.3 is 4.90 Å². The van der Waals surface area contributed by atoms with Gasteiger partial charge in [0.2, 0.25) is 0 Å². The molecule has 2 aliphatic rings. The van der Waals surface area contributed by atoms with Crippen molar-refractivity contribution in [2.75, 3.05) is 31.1 Å². The standard InChI is InChI=1S/C24H21N3O6S2/c28-23-19-10-4-6-12-21(19)34(30,31)26(23)16-14-25(18-8-2-1-3-9-18)15-17-27-24(29)20-11-5-7-13-22(20)35(27,32)33/h1-13H,14-17H2. The van der Waals surface area contributed by atoms with E-state index in [-0.39, 0.29) is 47.1 Å². The minimum absolute atomic E-state index is 0.0252. The molecule has 0 N–H and O–H groups in total. The van der Waals surface area contributed by atoms with E-state index in [1.54, 1.807) is 53.4 Å². The molecule has 0 spiro atoms. The quantitative estimate of drug-likeness (QED) is 0.478. The summed E-state index contributed by atoms with van der Waals surface area (Å²) in [5, 5.41) is 0. The Morgan fingerprint density at radius 3 is 1.40 bits per heavy atom. The predicted molar refractivity (Wildman–Crippen MR) is 128 cm³/mol. The molecule has 35 heavy (non-hydrogen) atoms. The van der Waals surface area contributed by atoms with Gasteiger partial charge in [-0.15, -0.1) is 0 Å². The molecule has 0 atom stereocenters. The summed E-state index contributed by atoms with van der Waals surface area (Å²) in [6.45, 7) is -0.0483. The van der Waals surface area contributed by atoms with Crippen molar-refractivity contribution in [3.05, 3.63) is 90.0 Å². The Balaban J connectivity index is 1.37. The zero-order valence-corrected chi connectivity index (χ0v) is 20.1. The zero-order valence-electron chi connectivity index (χ0n) is 18.4. The Kier molecular flexibility index (Phi) is 5.60. The second-order valence-electron chi connectivity index (χ2n) is 8.08. The van der Waals surface area contributed by atoms with Crippen molar-refractivity contribution < 1.29 is 26.4 Å². The van der Waals surface area contributed by atoms with Crippen molar-refractivity contribution in [2.45, 2.75) is 9.79 Å². The molecule has 0 aliphatic carbocycles. The summed E-state index contributed by atoms with van der Waals surface area (Å²) in [4.78, 5) is 27.3. The number of rotatable bonds is 7. The third-order valence-corrected chi connectivity index (χ3v) is 9.77. The summed E-state index contributed by atoms with van der Waals surface area (Å²) in [6, 6.07) is 21.1. The number of nitrogens with zero attached hydrogens (tertiary/aromatic N) is 3. The Labute approximate surface area is 203 Å². The number of fused-ring (bicyclic) bond motifs is 2. The Morgan fingerprint density at radius 2 is 0.971 bits per heavy atom. The van der Waals surface area contributed by atoms with Gasteiger partial charge in [-0.05, 0) is 36.4 Å². The van der Waals surface area contributed by atoms with Crippen LogP contribution in [0.25, 0.3) is 0 Å². The molecular weight excluding hydrogens is 490 g/mol. The maximum absolute atomic E-state index is 12.9. The van der Waals surface area contributed by atoms with Gasteiger partial charge in [-0.25, -0.2) is 25.4 Å². The minimum Gasteiger partial charge on any atom is -0.368 e. The van der Waals surface area contributed by atoms with Crippen molar-refractivity contribution in [3.63, 3.8) is 0 Å². The van der Waals surface area contributed by atoms with Crippen LogP contribution in [0, 0.1) is 0 Å². The van der Waals surface area contributed by atoms with Gasteiger partial charge in [0.1, 0.15) is 9.79 Å². The van der Waals surface area contributed by atoms with Gasteiger partial charge in [0.25, 0.3) is 31.9 Å². The number of carbonyl (C=O) groups excluding carboxylic acids is 2. The summed E-state index contributed by atoms with van der Waals surface area (Å²) in [5.74, 6) is -1.19. The number of hydrogen-bond acceptors (Lipinski definition) is 7. The molecule has 0 aromatic heterocycles. The van der Waals surface area contributed by atoms with Gasteiger partial charge in [-0.3, -0.25) is 9.59 Å². The van der Waals surface area contributed by atoms with Crippen molar-refractivity contribution in [1.29, 1.82) is 0 Å². The highest BCUT2D eigenvalue weighted by atomic mass is 32.2. The summed E-state index contributed by atoms with van der Waals surface area (Å²) in [6.07, 6.45) is 0. The first-order valence-electron chi connectivity index (χ1n) is 10.8. The lowest BCUT2D eigenvalue weighted by Crippen LogP contribution is -2.42. The van der Waals surface area contributed by atoms with Gasteiger partial charge in [0.15, 0.2) is 0 Å². The van der Waals surface area contributed by atoms with Gasteiger partial charge in [0.05, 0.1) is 24.2 Å². The molecular formula is C24H21N3O6S2. The Morgan fingerprint density at radius 1 is 0.571 bits per heavy atom. The summed E-state index contributed by atoms with van der Waals surface area (Å²) in [7, 11) is -7.94. The van der Waals surface area contributed by atoms with E-state index < -0.39 is 31.9 Å². The lowest BCUT2D eigenvalue weighted by Gasteiger charge is -2.28. The van der Waals surface area contributed by atoms with Crippen molar-refractivity contribution in [3.8, 4) is 0 Å². The molecule has 3 aromatic rings. The number of hydrogen-bond donors (Lipinski definition) is 0. The number of anilines is 1. The molecule has 180 valence electrons. The number of carbonyl (C=O) groups is 2. The highest BCUT2D eigenvalue weighted by Crippen LogP contribution is 2.31. The number of sulfonamides is 2. The van der Waals surface area contributed by atoms with Gasteiger partial charge in [-0.1, -0.05) is 42.5 Å². The molecule has 5 rings (SSSR count). The summed E-state index contributed by atoms with van der Waals surface area (Å²) < 4.78 is 53.3. The number of amides is 2. The van der Waals surface area contributed by atoms with E-state index in [2.05, 4.69) is 0 Å². The third kappa shape index (κ3) is 3.76. The zero-order chi connectivity index (χ0) is 24.8. The van der Waals surface area contributed by atoms with E-state index in [0.29, 0.717) is 5.69 Å². The van der Waals surface area contributed by atoms with Crippen molar-refractivity contribution >= 4 is 37.5 Å². The Bertz CT molecular complexity index is 1440. The molecule has 2 amide bonds. The SMILES string of the molecule is O=C1c2ccccc2S(=O)(=O)N1CCN(CCN1C(=O)c2ccccc2S1(=O)=O)c1ccccc1. The fourth-order valence-corrected chi connectivity index (χ4v) is 7.46. The van der Waals surface area contributed by atoms with E-state index in [0.717, 1.165) is 8.61 Å². The van der Waals surface area contributed by atoms with Crippen molar-refractivity contribution in [1.82, 2.24) is 8.61 Å². The van der Waals surface area contributed by atoms with Crippen LogP contribution in [0.2, 0.25) is 0 Å². The molecule has 11 heteroatoms. The van der Waals surface area contributed by atoms with Crippen LogP contribution in [0.1, 0.15) is 20.7 Å². The monoisotopic (exact) mass is 511 g/mol. The average molecular weight is 512 g/mol. The van der Waals surface area contributed by atoms with Crippen LogP contribution in [-0.4, -0.2) is 63.4 Å².